The predicted molar refractivity (Wildman–Crippen MR) is 148 cm³/mol. The Hall–Kier alpha value is -2.52. The van der Waals surface area contributed by atoms with Crippen LogP contribution in [0.1, 0.15) is 94.6 Å². The maximum atomic E-state index is 14.8. The van der Waals surface area contributed by atoms with Crippen molar-refractivity contribution < 1.29 is 40.6 Å². The molecule has 0 amide bonds. The van der Waals surface area contributed by atoms with Crippen molar-refractivity contribution >= 4 is 0 Å². The average Bonchev–Trinajstić information content (AvgIpc) is 2.97. The maximum absolute atomic E-state index is 14.8. The van der Waals surface area contributed by atoms with Gasteiger partial charge in [-0.3, -0.25) is 0 Å². The molecule has 4 rings (SSSR count). The van der Waals surface area contributed by atoms with Crippen LogP contribution in [0, 0.1) is 35.1 Å². The highest BCUT2D eigenvalue weighted by Crippen LogP contribution is 2.41. The van der Waals surface area contributed by atoms with Gasteiger partial charge in [-0.1, -0.05) is 43.9 Å². The number of hydrogen-bond acceptors (Lipinski definition) is 3. The lowest BCUT2D eigenvalue weighted by Gasteiger charge is -2.37. The van der Waals surface area contributed by atoms with E-state index in [0.29, 0.717) is 24.7 Å². The quantitative estimate of drug-likeness (QED) is 0.0994. The summed E-state index contributed by atoms with van der Waals surface area (Å²) in [6.45, 7) is 3.45. The Morgan fingerprint density at radius 2 is 1.48 bits per heavy atom. The summed E-state index contributed by atoms with van der Waals surface area (Å²) in [4.78, 5) is 0. The van der Waals surface area contributed by atoms with Crippen LogP contribution in [-0.2, 0) is 15.6 Å². The van der Waals surface area contributed by atoms with E-state index in [0.717, 1.165) is 50.7 Å². The zero-order chi connectivity index (χ0) is 30.1. The summed E-state index contributed by atoms with van der Waals surface area (Å²) in [6, 6.07) is 3.97. The van der Waals surface area contributed by atoms with E-state index >= 15 is 0 Å². The number of hydrogen-bond donors (Lipinski definition) is 0. The average molecular weight is 599 g/mol. The molecule has 0 atom stereocenters. The second kappa shape index (κ2) is 15.3. The first-order valence-electron chi connectivity index (χ1n) is 15.0. The number of unbranched alkanes of at least 4 members (excludes halogenated alkanes) is 5. The molecule has 1 saturated heterocycles. The summed E-state index contributed by atoms with van der Waals surface area (Å²) in [5, 5.41) is 0. The van der Waals surface area contributed by atoms with Gasteiger partial charge >= 0.3 is 6.11 Å². The van der Waals surface area contributed by atoms with Crippen LogP contribution in [0.5, 0.6) is 5.75 Å². The van der Waals surface area contributed by atoms with Gasteiger partial charge in [-0.2, -0.15) is 8.78 Å². The molecule has 2 aliphatic rings. The molecule has 2 aromatic rings. The van der Waals surface area contributed by atoms with Crippen molar-refractivity contribution in [3.05, 3.63) is 76.9 Å². The predicted octanol–water partition coefficient (Wildman–Crippen LogP) is 9.94. The number of benzene rings is 2. The van der Waals surface area contributed by atoms with Gasteiger partial charge in [-0.25, -0.2) is 17.6 Å². The molecule has 1 heterocycles. The van der Waals surface area contributed by atoms with Gasteiger partial charge in [-0.15, -0.1) is 0 Å². The van der Waals surface area contributed by atoms with Gasteiger partial charge in [0.05, 0.1) is 18.8 Å². The summed E-state index contributed by atoms with van der Waals surface area (Å²) < 4.78 is 101. The molecule has 9 heteroatoms. The van der Waals surface area contributed by atoms with Crippen molar-refractivity contribution in [2.45, 2.75) is 95.9 Å². The summed E-state index contributed by atoms with van der Waals surface area (Å²) in [7, 11) is 0. The van der Waals surface area contributed by atoms with E-state index in [4.69, 9.17) is 9.47 Å². The van der Waals surface area contributed by atoms with Crippen molar-refractivity contribution in [1.82, 2.24) is 0 Å². The maximum Gasteiger partial charge on any atom is 0.429 e. The Balaban J connectivity index is 1.20. The largest absolute Gasteiger partial charge is 0.429 e. The van der Waals surface area contributed by atoms with E-state index in [-0.39, 0.29) is 30.3 Å². The summed E-state index contributed by atoms with van der Waals surface area (Å²) >= 11 is 0. The molecule has 0 unspecified atom stereocenters. The molecule has 0 N–H and O–H groups in total. The molecule has 2 fully saturated rings. The second-order valence-corrected chi connectivity index (χ2v) is 11.5. The van der Waals surface area contributed by atoms with Gasteiger partial charge in [0.25, 0.3) is 0 Å². The van der Waals surface area contributed by atoms with Gasteiger partial charge in [-0.05, 0) is 75.5 Å². The van der Waals surface area contributed by atoms with Crippen LogP contribution >= 0.6 is 0 Å². The third-order valence-corrected chi connectivity index (χ3v) is 8.35. The Morgan fingerprint density at radius 3 is 2.12 bits per heavy atom. The van der Waals surface area contributed by atoms with Gasteiger partial charge in [0.1, 0.15) is 11.6 Å². The normalized spacial score (nSPS) is 23.4. The third-order valence-electron chi connectivity index (χ3n) is 8.35. The number of alkyl halides is 2. The molecule has 42 heavy (non-hydrogen) atoms. The molecule has 3 nitrogen and oxygen atoms in total. The van der Waals surface area contributed by atoms with E-state index in [1.165, 1.54) is 38.2 Å². The lowest BCUT2D eigenvalue weighted by atomic mass is 9.78. The minimum atomic E-state index is -4.23. The Morgan fingerprint density at radius 1 is 0.833 bits per heavy atom. The van der Waals surface area contributed by atoms with E-state index < -0.39 is 40.7 Å². The molecular formula is C33H40F6O3. The SMILES string of the molecule is C/C=C/CCCCCCCC1COC(C2CCC(c3ccc(C(F)(F)Oc4cc(F)c(F)c(F)c4)c(F)c3)CC2)OC1. The van der Waals surface area contributed by atoms with Gasteiger partial charge in [0.15, 0.2) is 23.7 Å². The molecule has 2 aromatic carbocycles. The van der Waals surface area contributed by atoms with Crippen molar-refractivity contribution in [3.8, 4) is 5.75 Å². The lowest BCUT2D eigenvalue weighted by molar-refractivity contribution is -0.229. The van der Waals surface area contributed by atoms with Gasteiger partial charge in [0.2, 0.25) is 0 Å². The molecular weight excluding hydrogens is 558 g/mol. The Kier molecular flexibility index (Phi) is 11.8. The van der Waals surface area contributed by atoms with Crippen LogP contribution in [0.25, 0.3) is 0 Å². The fraction of sp³-hybridized carbons (Fsp3) is 0.576. The molecule has 0 spiro atoms. The van der Waals surface area contributed by atoms with Crippen LogP contribution in [0.2, 0.25) is 0 Å². The fourth-order valence-corrected chi connectivity index (χ4v) is 5.93. The fourth-order valence-electron chi connectivity index (χ4n) is 5.93. The van der Waals surface area contributed by atoms with Crippen LogP contribution in [0.3, 0.4) is 0 Å². The van der Waals surface area contributed by atoms with Crippen LogP contribution in [-0.4, -0.2) is 19.5 Å². The summed E-state index contributed by atoms with van der Waals surface area (Å²) in [6.07, 6.45) is 11.4. The van der Waals surface area contributed by atoms with E-state index in [1.807, 2.05) is 0 Å². The van der Waals surface area contributed by atoms with E-state index in [9.17, 15) is 26.3 Å². The van der Waals surface area contributed by atoms with Crippen LogP contribution in [0.15, 0.2) is 42.5 Å². The van der Waals surface area contributed by atoms with E-state index in [2.05, 4.69) is 23.8 Å². The van der Waals surface area contributed by atoms with Crippen LogP contribution < -0.4 is 4.74 Å². The van der Waals surface area contributed by atoms with Crippen molar-refractivity contribution in [2.75, 3.05) is 13.2 Å². The molecule has 1 aliphatic heterocycles. The molecule has 232 valence electrons. The highest BCUT2D eigenvalue weighted by Gasteiger charge is 2.39. The van der Waals surface area contributed by atoms with E-state index in [1.54, 1.807) is 0 Å². The van der Waals surface area contributed by atoms with Crippen LogP contribution in [0.4, 0.5) is 26.3 Å². The highest BCUT2D eigenvalue weighted by atomic mass is 19.3. The zero-order valence-corrected chi connectivity index (χ0v) is 24.0. The lowest BCUT2D eigenvalue weighted by Crippen LogP contribution is -2.38. The smallest absolute Gasteiger partial charge is 0.429 e. The first kappa shape index (κ1) is 32.4. The minimum absolute atomic E-state index is 0.00559. The Labute approximate surface area is 244 Å². The first-order valence-corrected chi connectivity index (χ1v) is 15.0. The Bertz CT molecular complexity index is 1150. The standard InChI is InChI=1S/C33H40F6O3/c1-2-3-4-5-6-7-8-9-10-22-20-40-32(41-21-22)24-13-11-23(12-14-24)25-15-16-27(28(34)17-25)33(38,39)42-26-18-29(35)31(37)30(36)19-26/h2-3,15-19,22-24,32H,4-14,20-21H2,1H3/b3-2+. The van der Waals surface area contributed by atoms with Gasteiger partial charge in [0, 0.05) is 24.0 Å². The number of allylic oxidation sites excluding steroid dienone is 2. The summed E-state index contributed by atoms with van der Waals surface area (Å²) in [5.41, 5.74) is -0.482. The number of rotatable bonds is 13. The molecule has 0 bridgehead atoms. The molecule has 1 aliphatic carbocycles. The zero-order valence-electron chi connectivity index (χ0n) is 24.0. The van der Waals surface area contributed by atoms with Crippen molar-refractivity contribution in [3.63, 3.8) is 0 Å². The first-order chi connectivity index (χ1) is 20.2. The molecule has 0 radical (unpaired) electrons. The molecule has 1 saturated carbocycles. The minimum Gasteiger partial charge on any atom is -0.429 e. The third kappa shape index (κ3) is 8.75. The monoisotopic (exact) mass is 598 g/mol. The molecule has 0 aromatic heterocycles. The topological polar surface area (TPSA) is 27.7 Å². The van der Waals surface area contributed by atoms with Crippen molar-refractivity contribution in [2.24, 2.45) is 11.8 Å². The summed E-state index contributed by atoms with van der Waals surface area (Å²) in [5.74, 6) is -6.68. The number of ether oxygens (including phenoxy) is 3. The second-order valence-electron chi connectivity index (χ2n) is 11.5. The van der Waals surface area contributed by atoms with Gasteiger partial charge < -0.3 is 14.2 Å². The highest BCUT2D eigenvalue weighted by molar-refractivity contribution is 5.31. The van der Waals surface area contributed by atoms with Crippen molar-refractivity contribution in [1.29, 1.82) is 0 Å². The number of halogens is 6.